The third-order valence-electron chi connectivity index (χ3n) is 3.19. The lowest BCUT2D eigenvalue weighted by molar-refractivity contribution is -0.0562. The maximum absolute atomic E-state index is 10.7. The molecule has 0 amide bonds. The monoisotopic (exact) mass is 222 g/mol. The molecular formula is C11H14N2OS. The molecule has 1 aromatic rings. The van der Waals surface area contributed by atoms with Crippen molar-refractivity contribution in [3.05, 3.63) is 22.4 Å². The van der Waals surface area contributed by atoms with Crippen LogP contribution in [0.25, 0.3) is 0 Å². The summed E-state index contributed by atoms with van der Waals surface area (Å²) in [6.07, 6.45) is 3.39. The molecule has 0 aliphatic carbocycles. The minimum absolute atomic E-state index is 0.503. The van der Waals surface area contributed by atoms with Gasteiger partial charge in [-0.1, -0.05) is 6.07 Å². The molecule has 0 spiro atoms. The van der Waals surface area contributed by atoms with E-state index in [1.54, 1.807) is 11.3 Å². The van der Waals surface area contributed by atoms with E-state index < -0.39 is 5.72 Å². The molecule has 0 aromatic carbocycles. The van der Waals surface area contributed by atoms with Gasteiger partial charge in [-0.05, 0) is 24.3 Å². The van der Waals surface area contributed by atoms with Gasteiger partial charge in [-0.2, -0.15) is 0 Å². The number of amidine groups is 1. The van der Waals surface area contributed by atoms with E-state index in [-0.39, 0.29) is 0 Å². The number of aliphatic hydroxyl groups is 1. The number of nitrogens with zero attached hydrogens (tertiary/aromatic N) is 2. The van der Waals surface area contributed by atoms with Crippen molar-refractivity contribution < 1.29 is 5.11 Å². The number of thiophene rings is 1. The standard InChI is InChI=1S/C11H14N2OS/c14-11(9-4-3-7-15-9)8-12-10-5-1-2-6-13(10)11/h3-4,7,14H,1-2,5-6,8H2. The molecule has 1 N–H and O–H groups in total. The number of fused-ring (bicyclic) bond motifs is 1. The van der Waals surface area contributed by atoms with Gasteiger partial charge in [-0.25, -0.2) is 0 Å². The van der Waals surface area contributed by atoms with Crippen LogP contribution >= 0.6 is 11.3 Å². The van der Waals surface area contributed by atoms with Crippen molar-refractivity contribution >= 4 is 17.2 Å². The molecule has 3 heterocycles. The van der Waals surface area contributed by atoms with Crippen molar-refractivity contribution in [3.8, 4) is 0 Å². The predicted molar refractivity (Wildman–Crippen MR) is 61.1 cm³/mol. The highest BCUT2D eigenvalue weighted by atomic mass is 32.1. The molecule has 2 aliphatic rings. The zero-order valence-electron chi connectivity index (χ0n) is 8.52. The summed E-state index contributed by atoms with van der Waals surface area (Å²) in [6, 6.07) is 3.98. The first-order chi connectivity index (χ1) is 7.31. The molecule has 3 nitrogen and oxygen atoms in total. The highest BCUT2D eigenvalue weighted by Crippen LogP contribution is 2.36. The molecule has 1 unspecified atom stereocenters. The third kappa shape index (κ3) is 1.32. The smallest absolute Gasteiger partial charge is 0.194 e. The van der Waals surface area contributed by atoms with E-state index in [2.05, 4.69) is 9.89 Å². The van der Waals surface area contributed by atoms with Crippen LogP contribution in [0.4, 0.5) is 0 Å². The summed E-state index contributed by atoms with van der Waals surface area (Å²) in [4.78, 5) is 7.57. The molecule has 0 radical (unpaired) electrons. The quantitative estimate of drug-likeness (QED) is 0.786. The average Bonchev–Trinajstić information content (AvgIpc) is 2.88. The molecule has 80 valence electrons. The van der Waals surface area contributed by atoms with Gasteiger partial charge in [0.25, 0.3) is 0 Å². The Morgan fingerprint density at radius 2 is 2.40 bits per heavy atom. The van der Waals surface area contributed by atoms with E-state index in [9.17, 15) is 5.11 Å². The van der Waals surface area contributed by atoms with Crippen LogP contribution in [0.15, 0.2) is 22.5 Å². The molecule has 1 atom stereocenters. The molecular weight excluding hydrogens is 208 g/mol. The first-order valence-corrected chi connectivity index (χ1v) is 6.26. The Morgan fingerprint density at radius 3 is 3.20 bits per heavy atom. The fraction of sp³-hybridized carbons (Fsp3) is 0.545. The van der Waals surface area contributed by atoms with Gasteiger partial charge in [0.05, 0.1) is 11.4 Å². The summed E-state index contributed by atoms with van der Waals surface area (Å²) in [5, 5.41) is 12.7. The Labute approximate surface area is 93.1 Å². The highest BCUT2D eigenvalue weighted by molar-refractivity contribution is 7.10. The average molecular weight is 222 g/mol. The Morgan fingerprint density at radius 1 is 1.47 bits per heavy atom. The zero-order valence-corrected chi connectivity index (χ0v) is 9.33. The van der Waals surface area contributed by atoms with E-state index in [0.29, 0.717) is 6.54 Å². The lowest BCUT2D eigenvalue weighted by Gasteiger charge is -2.37. The van der Waals surface area contributed by atoms with Gasteiger partial charge in [0, 0.05) is 13.0 Å². The molecule has 3 rings (SSSR count). The van der Waals surface area contributed by atoms with E-state index >= 15 is 0 Å². The van der Waals surface area contributed by atoms with Crippen LogP contribution in [-0.4, -0.2) is 28.9 Å². The molecule has 1 aromatic heterocycles. The van der Waals surface area contributed by atoms with Gasteiger partial charge in [-0.3, -0.25) is 4.99 Å². The van der Waals surface area contributed by atoms with E-state index in [1.807, 2.05) is 17.5 Å². The number of hydrogen-bond acceptors (Lipinski definition) is 4. The van der Waals surface area contributed by atoms with Crippen molar-refractivity contribution in [2.75, 3.05) is 13.1 Å². The normalized spacial score (nSPS) is 30.2. The van der Waals surface area contributed by atoms with E-state index in [1.165, 1.54) is 6.42 Å². The first-order valence-electron chi connectivity index (χ1n) is 5.38. The summed E-state index contributed by atoms with van der Waals surface area (Å²) in [6.45, 7) is 1.44. The minimum atomic E-state index is -0.843. The SMILES string of the molecule is OC1(c2cccs2)CN=C2CCCCN21. The predicted octanol–water partition coefficient (Wildman–Crippen LogP) is 1.79. The van der Waals surface area contributed by atoms with Crippen LogP contribution in [0.1, 0.15) is 24.1 Å². The Balaban J connectivity index is 1.95. The number of piperidine rings is 1. The summed E-state index contributed by atoms with van der Waals surface area (Å²) < 4.78 is 0. The largest absolute Gasteiger partial charge is 0.365 e. The van der Waals surface area contributed by atoms with Crippen LogP contribution < -0.4 is 0 Å². The third-order valence-corrected chi connectivity index (χ3v) is 4.20. The first kappa shape index (κ1) is 9.36. The van der Waals surface area contributed by atoms with Crippen LogP contribution in [-0.2, 0) is 5.72 Å². The summed E-state index contributed by atoms with van der Waals surface area (Å²) >= 11 is 1.61. The number of aliphatic imine (C=N–C) groups is 1. The van der Waals surface area contributed by atoms with Gasteiger partial charge < -0.3 is 10.0 Å². The van der Waals surface area contributed by atoms with Gasteiger partial charge in [0.15, 0.2) is 5.72 Å². The Kier molecular flexibility index (Phi) is 2.07. The fourth-order valence-electron chi connectivity index (χ4n) is 2.38. The molecule has 0 bridgehead atoms. The maximum atomic E-state index is 10.7. The van der Waals surface area contributed by atoms with Crippen molar-refractivity contribution in [2.45, 2.75) is 25.0 Å². The van der Waals surface area contributed by atoms with Gasteiger partial charge in [0.2, 0.25) is 0 Å². The summed E-state index contributed by atoms with van der Waals surface area (Å²) in [7, 11) is 0. The van der Waals surface area contributed by atoms with Crippen LogP contribution in [0.3, 0.4) is 0 Å². The van der Waals surface area contributed by atoms with Crippen molar-refractivity contribution in [1.29, 1.82) is 0 Å². The van der Waals surface area contributed by atoms with Crippen molar-refractivity contribution in [2.24, 2.45) is 4.99 Å². The highest BCUT2D eigenvalue weighted by Gasteiger charge is 2.43. The van der Waals surface area contributed by atoms with Crippen LogP contribution in [0.2, 0.25) is 0 Å². The zero-order chi connectivity index (χ0) is 10.3. The maximum Gasteiger partial charge on any atom is 0.194 e. The van der Waals surface area contributed by atoms with Crippen LogP contribution in [0, 0.1) is 0 Å². The lowest BCUT2D eigenvalue weighted by atomic mass is 10.1. The molecule has 4 heteroatoms. The number of rotatable bonds is 1. The summed E-state index contributed by atoms with van der Waals surface area (Å²) in [5.41, 5.74) is -0.843. The molecule has 0 saturated carbocycles. The second-order valence-corrected chi connectivity index (χ2v) is 5.08. The van der Waals surface area contributed by atoms with Gasteiger partial charge in [0.1, 0.15) is 5.84 Å². The Hall–Kier alpha value is -0.870. The molecule has 2 aliphatic heterocycles. The topological polar surface area (TPSA) is 35.8 Å². The number of hydrogen-bond donors (Lipinski definition) is 1. The van der Waals surface area contributed by atoms with Gasteiger partial charge in [-0.15, -0.1) is 11.3 Å². The van der Waals surface area contributed by atoms with Crippen LogP contribution in [0.5, 0.6) is 0 Å². The minimum Gasteiger partial charge on any atom is -0.365 e. The fourth-order valence-corrected chi connectivity index (χ4v) is 3.21. The molecule has 1 saturated heterocycles. The Bertz CT molecular complexity index is 387. The van der Waals surface area contributed by atoms with Crippen molar-refractivity contribution in [3.63, 3.8) is 0 Å². The van der Waals surface area contributed by atoms with E-state index in [4.69, 9.17) is 0 Å². The second kappa shape index (κ2) is 3.32. The summed E-state index contributed by atoms with van der Waals surface area (Å²) in [5.74, 6) is 1.09. The second-order valence-electron chi connectivity index (χ2n) is 4.14. The van der Waals surface area contributed by atoms with Crippen molar-refractivity contribution in [1.82, 2.24) is 4.90 Å². The molecule has 15 heavy (non-hydrogen) atoms. The lowest BCUT2D eigenvalue weighted by Crippen LogP contribution is -2.48. The van der Waals surface area contributed by atoms with Gasteiger partial charge >= 0.3 is 0 Å². The molecule has 1 fully saturated rings. The van der Waals surface area contributed by atoms with E-state index in [0.717, 1.165) is 30.1 Å².